The van der Waals surface area contributed by atoms with Gasteiger partial charge in [-0.3, -0.25) is 10.1 Å². The largest absolute Gasteiger partial charge is 0.361 e. The smallest absolute Gasteiger partial charge is 0.289 e. The molecule has 112 valence electrons. The first kappa shape index (κ1) is 15.6. The van der Waals surface area contributed by atoms with Gasteiger partial charge in [-0.15, -0.1) is 0 Å². The molecule has 1 N–H and O–H groups in total. The van der Waals surface area contributed by atoms with E-state index in [1.807, 2.05) is 0 Å². The molecule has 0 saturated heterocycles. The van der Waals surface area contributed by atoms with Gasteiger partial charge in [0.2, 0.25) is 10.0 Å². The lowest BCUT2D eigenvalue weighted by atomic mass is 10.3. The zero-order chi connectivity index (χ0) is 15.6. The molecule has 1 aromatic carbocycles. The predicted octanol–water partition coefficient (Wildman–Crippen LogP) is 2.13. The van der Waals surface area contributed by atoms with Crippen molar-refractivity contribution in [1.82, 2.24) is 9.88 Å². The fourth-order valence-electron chi connectivity index (χ4n) is 1.60. The van der Waals surface area contributed by atoms with Crippen molar-refractivity contribution in [1.29, 1.82) is 0 Å². The van der Waals surface area contributed by atoms with E-state index in [4.69, 9.17) is 4.52 Å². The van der Waals surface area contributed by atoms with Gasteiger partial charge in [0.25, 0.3) is 5.69 Å². The van der Waals surface area contributed by atoms with Crippen LogP contribution in [0.25, 0.3) is 0 Å². The highest BCUT2D eigenvalue weighted by Gasteiger charge is 2.26. The Hall–Kier alpha value is -1.78. The summed E-state index contributed by atoms with van der Waals surface area (Å²) in [5.41, 5.74) is -0.115. The molecule has 0 aliphatic rings. The number of nitrogens with zero attached hydrogens (tertiary/aromatic N) is 2. The minimum absolute atomic E-state index is 0.122. The number of hydrogen-bond acceptors (Lipinski definition) is 6. The number of rotatable bonds is 5. The summed E-state index contributed by atoms with van der Waals surface area (Å²) in [4.78, 5) is 9.76. The van der Waals surface area contributed by atoms with Gasteiger partial charge in [0, 0.05) is 16.6 Å². The number of nitro groups is 1. The zero-order valence-electron chi connectivity index (χ0n) is 10.7. The first-order valence-corrected chi connectivity index (χ1v) is 7.93. The topological polar surface area (TPSA) is 115 Å². The molecule has 0 atom stereocenters. The highest BCUT2D eigenvalue weighted by atomic mass is 79.9. The van der Waals surface area contributed by atoms with Crippen molar-refractivity contribution in [2.45, 2.75) is 18.4 Å². The second kappa shape index (κ2) is 5.92. The Balaban J connectivity index is 2.31. The van der Waals surface area contributed by atoms with Gasteiger partial charge < -0.3 is 4.52 Å². The third kappa shape index (κ3) is 3.65. The van der Waals surface area contributed by atoms with Gasteiger partial charge in [-0.05, 0) is 19.1 Å². The number of sulfonamides is 1. The maximum atomic E-state index is 12.2. The van der Waals surface area contributed by atoms with Crippen molar-refractivity contribution < 1.29 is 17.9 Å². The van der Waals surface area contributed by atoms with Crippen LogP contribution in [0, 0.1) is 17.0 Å². The lowest BCUT2D eigenvalue weighted by Gasteiger charge is -2.06. The maximum absolute atomic E-state index is 12.2. The van der Waals surface area contributed by atoms with Gasteiger partial charge >= 0.3 is 0 Å². The van der Waals surface area contributed by atoms with E-state index in [1.54, 1.807) is 13.0 Å². The van der Waals surface area contributed by atoms with Crippen LogP contribution >= 0.6 is 15.9 Å². The number of aromatic nitrogens is 1. The quantitative estimate of drug-likeness (QED) is 0.631. The Kier molecular flexibility index (Phi) is 4.40. The molecule has 21 heavy (non-hydrogen) atoms. The van der Waals surface area contributed by atoms with E-state index in [1.165, 1.54) is 12.1 Å². The van der Waals surface area contributed by atoms with Crippen molar-refractivity contribution in [3.8, 4) is 0 Å². The van der Waals surface area contributed by atoms with Crippen LogP contribution in [0.3, 0.4) is 0 Å². The van der Waals surface area contributed by atoms with Crippen molar-refractivity contribution >= 4 is 31.6 Å². The van der Waals surface area contributed by atoms with Gasteiger partial charge in [0.15, 0.2) is 4.90 Å². The Bertz CT molecular complexity index is 787. The molecule has 0 saturated carbocycles. The van der Waals surface area contributed by atoms with Crippen LogP contribution in [0.2, 0.25) is 0 Å². The summed E-state index contributed by atoms with van der Waals surface area (Å²) >= 11 is 3.10. The summed E-state index contributed by atoms with van der Waals surface area (Å²) in [5.74, 6) is 0.539. The van der Waals surface area contributed by atoms with E-state index in [0.717, 1.165) is 6.07 Å². The molecule has 0 bridgehead atoms. The summed E-state index contributed by atoms with van der Waals surface area (Å²) in [6, 6.07) is 5.27. The summed E-state index contributed by atoms with van der Waals surface area (Å²) in [5, 5.41) is 14.6. The Morgan fingerprint density at radius 2 is 2.14 bits per heavy atom. The molecule has 0 aliphatic heterocycles. The Morgan fingerprint density at radius 3 is 2.71 bits per heavy atom. The summed E-state index contributed by atoms with van der Waals surface area (Å²) in [7, 11) is -4.05. The molecule has 0 unspecified atom stereocenters. The highest BCUT2D eigenvalue weighted by Crippen LogP contribution is 2.27. The minimum atomic E-state index is -4.05. The van der Waals surface area contributed by atoms with E-state index in [-0.39, 0.29) is 6.54 Å². The number of nitrogens with one attached hydrogen (secondary N) is 1. The highest BCUT2D eigenvalue weighted by molar-refractivity contribution is 9.10. The number of halogens is 1. The fourth-order valence-corrected chi connectivity index (χ4v) is 3.31. The van der Waals surface area contributed by atoms with E-state index in [0.29, 0.717) is 15.9 Å². The summed E-state index contributed by atoms with van der Waals surface area (Å²) in [6.45, 7) is 1.55. The van der Waals surface area contributed by atoms with E-state index in [9.17, 15) is 18.5 Å². The Morgan fingerprint density at radius 1 is 1.43 bits per heavy atom. The van der Waals surface area contributed by atoms with Crippen molar-refractivity contribution in [2.24, 2.45) is 0 Å². The lowest BCUT2D eigenvalue weighted by molar-refractivity contribution is -0.387. The average Bonchev–Trinajstić information content (AvgIpc) is 2.82. The third-order valence-corrected chi connectivity index (χ3v) is 4.45. The van der Waals surface area contributed by atoms with Gasteiger partial charge in [-0.2, -0.15) is 0 Å². The number of hydrogen-bond donors (Lipinski definition) is 1. The van der Waals surface area contributed by atoms with Crippen molar-refractivity contribution in [2.75, 3.05) is 0 Å². The van der Waals surface area contributed by atoms with Crippen LogP contribution in [-0.2, 0) is 16.6 Å². The molecule has 0 spiro atoms. The molecule has 1 heterocycles. The van der Waals surface area contributed by atoms with Gasteiger partial charge in [0.05, 0.1) is 17.2 Å². The number of nitro benzene ring substituents is 1. The van der Waals surface area contributed by atoms with Gasteiger partial charge in [0.1, 0.15) is 5.76 Å². The van der Waals surface area contributed by atoms with E-state index in [2.05, 4.69) is 25.8 Å². The monoisotopic (exact) mass is 375 g/mol. The molecule has 1 aromatic heterocycles. The number of aryl methyl sites for hydroxylation is 1. The predicted molar refractivity (Wildman–Crippen MR) is 76.1 cm³/mol. The van der Waals surface area contributed by atoms with Crippen LogP contribution in [0.1, 0.15) is 11.5 Å². The molecule has 0 amide bonds. The molecule has 2 rings (SSSR count). The van der Waals surface area contributed by atoms with Crippen LogP contribution in [-0.4, -0.2) is 18.5 Å². The molecule has 0 aliphatic carbocycles. The molecule has 0 radical (unpaired) electrons. The fraction of sp³-hybridized carbons (Fsp3) is 0.182. The minimum Gasteiger partial charge on any atom is -0.361 e. The van der Waals surface area contributed by atoms with Crippen molar-refractivity contribution in [3.05, 3.63) is 50.3 Å². The SMILES string of the molecule is Cc1cc(CNS(=O)(=O)c2cc(Br)ccc2[N+](=O)[O-])no1. The van der Waals surface area contributed by atoms with Gasteiger partial charge in [-0.1, -0.05) is 21.1 Å². The van der Waals surface area contributed by atoms with Crippen LogP contribution < -0.4 is 4.72 Å². The lowest BCUT2D eigenvalue weighted by Crippen LogP contribution is -2.24. The first-order valence-electron chi connectivity index (χ1n) is 5.65. The van der Waals surface area contributed by atoms with Crippen LogP contribution in [0.15, 0.2) is 38.2 Å². The molecular formula is C11H10BrN3O5S. The second-order valence-electron chi connectivity index (χ2n) is 4.12. The normalized spacial score (nSPS) is 11.5. The van der Waals surface area contributed by atoms with E-state index < -0.39 is 25.5 Å². The standard InChI is InChI=1S/C11H10BrN3O5S/c1-7-4-9(14-20-7)6-13-21(18,19)11-5-8(12)2-3-10(11)15(16)17/h2-5,13H,6H2,1H3. The van der Waals surface area contributed by atoms with Crippen LogP contribution in [0.5, 0.6) is 0 Å². The third-order valence-electron chi connectivity index (χ3n) is 2.53. The summed E-state index contributed by atoms with van der Waals surface area (Å²) < 4.78 is 31.9. The number of benzene rings is 1. The zero-order valence-corrected chi connectivity index (χ0v) is 13.1. The summed E-state index contributed by atoms with van der Waals surface area (Å²) in [6.07, 6.45) is 0. The molecule has 10 heteroatoms. The van der Waals surface area contributed by atoms with Crippen molar-refractivity contribution in [3.63, 3.8) is 0 Å². The maximum Gasteiger partial charge on any atom is 0.289 e. The van der Waals surface area contributed by atoms with E-state index >= 15 is 0 Å². The molecule has 8 nitrogen and oxygen atoms in total. The Labute approximate surface area is 128 Å². The first-order chi connectivity index (χ1) is 9.79. The molecule has 2 aromatic rings. The average molecular weight is 376 g/mol. The molecular weight excluding hydrogens is 366 g/mol. The second-order valence-corrected chi connectivity index (χ2v) is 6.77. The van der Waals surface area contributed by atoms with Gasteiger partial charge in [-0.25, -0.2) is 13.1 Å². The van der Waals surface area contributed by atoms with Crippen LogP contribution in [0.4, 0.5) is 5.69 Å². The molecule has 0 fully saturated rings.